The van der Waals surface area contributed by atoms with Gasteiger partial charge in [-0.2, -0.15) is 0 Å². The number of hydrogen-bond donors (Lipinski definition) is 0. The molecule has 1 aliphatic heterocycles. The van der Waals surface area contributed by atoms with Crippen LogP contribution in [-0.4, -0.2) is 25.9 Å². The molecule has 0 saturated heterocycles. The lowest BCUT2D eigenvalue weighted by Gasteiger charge is -2.30. The predicted molar refractivity (Wildman–Crippen MR) is 106 cm³/mol. The Labute approximate surface area is 174 Å². The first-order chi connectivity index (χ1) is 14.3. The number of carbonyl (C=O) groups is 1. The molecule has 0 aliphatic carbocycles. The van der Waals surface area contributed by atoms with Gasteiger partial charge in [0.2, 0.25) is 0 Å². The summed E-state index contributed by atoms with van der Waals surface area (Å²) in [4.78, 5) is 18.1. The van der Waals surface area contributed by atoms with Crippen LogP contribution in [0.2, 0.25) is 0 Å². The molecule has 0 radical (unpaired) electrons. The molecule has 1 amide bonds. The number of amides is 1. The minimum atomic E-state index is -3.64. The number of aromatic nitrogens is 1. The minimum Gasteiger partial charge on any atom is -0.308 e. The molecule has 0 saturated carbocycles. The highest BCUT2D eigenvalue weighted by Gasteiger charge is 2.29. The van der Waals surface area contributed by atoms with Crippen LogP contribution in [0.5, 0.6) is 0 Å². The Morgan fingerprint density at radius 3 is 2.53 bits per heavy atom. The second-order valence-corrected chi connectivity index (χ2v) is 9.75. The van der Waals surface area contributed by atoms with Crippen molar-refractivity contribution in [1.82, 2.24) is 4.98 Å². The molecule has 4 rings (SSSR count). The Balaban J connectivity index is 1.68. The van der Waals surface area contributed by atoms with Gasteiger partial charge in [0.25, 0.3) is 5.91 Å². The van der Waals surface area contributed by atoms with E-state index in [9.17, 15) is 26.4 Å². The number of sulfone groups is 1. The van der Waals surface area contributed by atoms with Crippen molar-refractivity contribution in [3.05, 3.63) is 75.5 Å². The fourth-order valence-corrected chi connectivity index (χ4v) is 5.73. The monoisotopic (exact) mass is 452 g/mol. The molecule has 1 aliphatic rings. The number of fused-ring (bicyclic) bond motifs is 1. The quantitative estimate of drug-likeness (QED) is 0.597. The highest BCUT2D eigenvalue weighted by Crippen LogP contribution is 2.32. The fraction of sp³-hybridized carbons (Fsp3) is 0.200. The van der Waals surface area contributed by atoms with Gasteiger partial charge in [-0.15, -0.1) is 11.3 Å². The lowest BCUT2D eigenvalue weighted by Crippen LogP contribution is -2.36. The van der Waals surface area contributed by atoms with Crippen molar-refractivity contribution in [1.29, 1.82) is 0 Å². The third kappa shape index (κ3) is 3.84. The molecule has 3 aromatic rings. The van der Waals surface area contributed by atoms with E-state index in [0.717, 1.165) is 0 Å². The first kappa shape index (κ1) is 20.5. The Morgan fingerprint density at radius 1 is 1.13 bits per heavy atom. The number of carbonyl (C=O) groups excluding carboxylic acids is 1. The number of rotatable bonds is 4. The largest absolute Gasteiger partial charge is 0.308 e. The average Bonchev–Trinajstić information content (AvgIpc) is 3.18. The van der Waals surface area contributed by atoms with E-state index >= 15 is 0 Å². The Hall–Kier alpha value is -2.72. The van der Waals surface area contributed by atoms with Crippen molar-refractivity contribution in [2.45, 2.75) is 23.5 Å². The first-order valence-electron chi connectivity index (χ1n) is 8.97. The molecule has 2 heterocycles. The molecule has 0 atom stereocenters. The van der Waals surface area contributed by atoms with Gasteiger partial charge in [-0.05, 0) is 36.6 Å². The Bertz CT molecular complexity index is 1210. The third-order valence-electron chi connectivity index (χ3n) is 4.79. The van der Waals surface area contributed by atoms with Gasteiger partial charge < -0.3 is 4.90 Å². The first-order valence-corrected chi connectivity index (χ1v) is 11.5. The summed E-state index contributed by atoms with van der Waals surface area (Å²) in [6.45, 7) is 0.202. The van der Waals surface area contributed by atoms with Crippen LogP contribution in [0, 0.1) is 17.5 Å². The number of aryl methyl sites for hydroxylation is 1. The number of benzene rings is 2. The van der Waals surface area contributed by atoms with Gasteiger partial charge >= 0.3 is 0 Å². The van der Waals surface area contributed by atoms with Crippen LogP contribution >= 0.6 is 11.3 Å². The molecule has 0 fully saturated rings. The van der Waals surface area contributed by atoms with Crippen molar-refractivity contribution in [3.8, 4) is 0 Å². The van der Waals surface area contributed by atoms with E-state index in [1.54, 1.807) is 5.38 Å². The summed E-state index contributed by atoms with van der Waals surface area (Å²) >= 11 is 1.24. The van der Waals surface area contributed by atoms with Crippen LogP contribution < -0.4 is 4.90 Å². The normalized spacial score (nSPS) is 13.9. The average molecular weight is 452 g/mol. The van der Waals surface area contributed by atoms with E-state index < -0.39 is 38.8 Å². The number of halogens is 3. The molecule has 0 unspecified atom stereocenters. The zero-order valence-corrected chi connectivity index (χ0v) is 17.1. The van der Waals surface area contributed by atoms with Crippen molar-refractivity contribution in [2.75, 3.05) is 11.4 Å². The van der Waals surface area contributed by atoms with E-state index in [1.807, 2.05) is 0 Å². The number of anilines is 1. The van der Waals surface area contributed by atoms with Gasteiger partial charge in [-0.25, -0.2) is 26.6 Å². The van der Waals surface area contributed by atoms with Gasteiger partial charge in [-0.3, -0.25) is 4.79 Å². The van der Waals surface area contributed by atoms with Crippen LogP contribution in [0.4, 0.5) is 18.9 Å². The van der Waals surface area contributed by atoms with E-state index in [2.05, 4.69) is 4.98 Å². The lowest BCUT2D eigenvalue weighted by atomic mass is 10.0. The molecular weight excluding hydrogens is 437 g/mol. The molecule has 156 valence electrons. The van der Waals surface area contributed by atoms with Crippen molar-refractivity contribution >= 4 is 32.8 Å². The minimum absolute atomic E-state index is 0.0879. The van der Waals surface area contributed by atoms with Crippen molar-refractivity contribution in [3.63, 3.8) is 0 Å². The van der Waals surface area contributed by atoms with Gasteiger partial charge in [0.1, 0.15) is 33.8 Å². The zero-order chi connectivity index (χ0) is 21.5. The number of thiazole rings is 1. The number of nitrogens with zero attached hydrogens (tertiary/aromatic N) is 2. The molecular formula is C20H15F3N2O3S2. The second kappa shape index (κ2) is 7.84. The maximum atomic E-state index is 14.1. The molecule has 10 heteroatoms. The van der Waals surface area contributed by atoms with Crippen molar-refractivity contribution in [2.24, 2.45) is 0 Å². The summed E-state index contributed by atoms with van der Waals surface area (Å²) in [7, 11) is -3.64. The highest BCUT2D eigenvalue weighted by molar-refractivity contribution is 7.90. The SMILES string of the molecule is O=C(c1c(F)cc(F)cc1F)N1CCCc2cc(S(=O)(=O)Cc3nccs3)ccc21. The number of hydrogen-bond acceptors (Lipinski definition) is 5. The third-order valence-corrected chi connectivity index (χ3v) is 7.38. The lowest BCUT2D eigenvalue weighted by molar-refractivity contribution is 0.0976. The molecule has 0 spiro atoms. The smallest absolute Gasteiger partial charge is 0.264 e. The van der Waals surface area contributed by atoms with Crippen LogP contribution in [0.15, 0.2) is 46.8 Å². The van der Waals surface area contributed by atoms with E-state index in [0.29, 0.717) is 41.2 Å². The molecule has 0 N–H and O–H groups in total. The van der Waals surface area contributed by atoms with Gasteiger partial charge in [0.05, 0.1) is 4.90 Å². The molecule has 1 aromatic heterocycles. The van der Waals surface area contributed by atoms with E-state index in [1.165, 1.54) is 40.6 Å². The molecule has 5 nitrogen and oxygen atoms in total. The van der Waals surface area contributed by atoms with Crippen LogP contribution in [0.3, 0.4) is 0 Å². The van der Waals surface area contributed by atoms with Gasteiger partial charge in [0, 0.05) is 35.9 Å². The fourth-order valence-electron chi connectivity index (χ4n) is 3.43. The van der Waals surface area contributed by atoms with E-state index in [-0.39, 0.29) is 17.2 Å². The second-order valence-electron chi connectivity index (χ2n) is 6.78. The standard InChI is InChI=1S/C20H15F3N2O3S2/c21-13-9-15(22)19(16(23)10-13)20(26)25-6-1-2-12-8-14(3-4-17(12)25)30(27,28)11-18-24-5-7-29-18/h3-5,7-10H,1-2,6,11H2. The maximum absolute atomic E-state index is 14.1. The summed E-state index contributed by atoms with van der Waals surface area (Å²) in [6, 6.07) is 5.21. The Morgan fingerprint density at radius 2 is 1.87 bits per heavy atom. The Kier molecular flexibility index (Phi) is 5.37. The van der Waals surface area contributed by atoms with Crippen LogP contribution in [0.25, 0.3) is 0 Å². The maximum Gasteiger partial charge on any atom is 0.264 e. The topological polar surface area (TPSA) is 67.3 Å². The summed E-state index contributed by atoms with van der Waals surface area (Å²) in [5, 5.41) is 2.15. The molecule has 30 heavy (non-hydrogen) atoms. The van der Waals surface area contributed by atoms with Crippen LogP contribution in [0.1, 0.15) is 27.3 Å². The summed E-state index contributed by atoms with van der Waals surface area (Å²) in [6.07, 6.45) is 2.52. The molecule has 2 aromatic carbocycles. The van der Waals surface area contributed by atoms with Gasteiger partial charge in [0.15, 0.2) is 9.84 Å². The zero-order valence-electron chi connectivity index (χ0n) is 15.4. The van der Waals surface area contributed by atoms with Gasteiger partial charge in [-0.1, -0.05) is 0 Å². The summed E-state index contributed by atoms with van der Waals surface area (Å²) in [5.41, 5.74) is 0.116. The predicted octanol–water partition coefficient (Wildman–Crippen LogP) is 4.13. The molecule has 0 bridgehead atoms. The summed E-state index contributed by atoms with van der Waals surface area (Å²) in [5.74, 6) is -4.86. The van der Waals surface area contributed by atoms with E-state index in [4.69, 9.17) is 0 Å². The summed E-state index contributed by atoms with van der Waals surface area (Å²) < 4.78 is 66.7. The van der Waals surface area contributed by atoms with Crippen LogP contribution in [-0.2, 0) is 22.0 Å². The highest BCUT2D eigenvalue weighted by atomic mass is 32.2. The van der Waals surface area contributed by atoms with Crippen molar-refractivity contribution < 1.29 is 26.4 Å².